The van der Waals surface area contributed by atoms with Crippen LogP contribution in [0.5, 0.6) is 0 Å². The second-order valence-electron chi connectivity index (χ2n) is 7.02. The Hall–Kier alpha value is -3.16. The third kappa shape index (κ3) is 4.87. The Bertz CT molecular complexity index is 1020. The molecule has 1 aliphatic heterocycles. The van der Waals surface area contributed by atoms with Gasteiger partial charge < -0.3 is 20.3 Å². The standard InChI is InChI=1S/C22H22ClN5O2/c1-15-2-7-18(23)20(14-15)25-22(29)24-17-5-3-16(4-6-17)19-8-9-21(27-26-19)28-10-12-30-13-11-28/h2-9,14H,10-13H2,1H3,(H2,24,25,29). The van der Waals surface area contributed by atoms with Gasteiger partial charge in [-0.05, 0) is 48.9 Å². The Morgan fingerprint density at radius 1 is 1.00 bits per heavy atom. The minimum atomic E-state index is -0.357. The third-order valence-electron chi connectivity index (χ3n) is 4.79. The summed E-state index contributed by atoms with van der Waals surface area (Å²) in [5.41, 5.74) is 3.94. The number of nitrogens with zero attached hydrogens (tertiary/aromatic N) is 3. The Morgan fingerprint density at radius 2 is 1.77 bits per heavy atom. The molecule has 2 N–H and O–H groups in total. The van der Waals surface area contributed by atoms with Crippen molar-refractivity contribution in [2.45, 2.75) is 6.92 Å². The molecule has 154 valence electrons. The summed E-state index contributed by atoms with van der Waals surface area (Å²) in [6, 6.07) is 16.5. The number of urea groups is 1. The second-order valence-corrected chi connectivity index (χ2v) is 7.42. The summed E-state index contributed by atoms with van der Waals surface area (Å²) in [7, 11) is 0. The fourth-order valence-corrected chi connectivity index (χ4v) is 3.35. The van der Waals surface area contributed by atoms with Crippen molar-refractivity contribution in [1.82, 2.24) is 10.2 Å². The maximum atomic E-state index is 12.3. The van der Waals surface area contributed by atoms with Crippen LogP contribution in [0.15, 0.2) is 54.6 Å². The molecule has 0 aliphatic carbocycles. The van der Waals surface area contributed by atoms with Gasteiger partial charge >= 0.3 is 6.03 Å². The first-order chi connectivity index (χ1) is 14.6. The number of carbonyl (C=O) groups excluding carboxylic acids is 1. The van der Waals surface area contributed by atoms with E-state index in [9.17, 15) is 4.79 Å². The van der Waals surface area contributed by atoms with Crippen molar-refractivity contribution in [1.29, 1.82) is 0 Å². The molecule has 0 atom stereocenters. The fraction of sp³-hybridized carbons (Fsp3) is 0.227. The predicted molar refractivity (Wildman–Crippen MR) is 119 cm³/mol. The predicted octanol–water partition coefficient (Wildman–Crippen LogP) is 4.59. The number of morpholine rings is 1. The molecular weight excluding hydrogens is 402 g/mol. The van der Waals surface area contributed by atoms with E-state index in [-0.39, 0.29) is 6.03 Å². The normalized spacial score (nSPS) is 13.7. The largest absolute Gasteiger partial charge is 0.378 e. The van der Waals surface area contributed by atoms with E-state index in [2.05, 4.69) is 25.7 Å². The summed E-state index contributed by atoms with van der Waals surface area (Å²) in [6.07, 6.45) is 0. The van der Waals surface area contributed by atoms with Gasteiger partial charge in [-0.25, -0.2) is 4.79 Å². The van der Waals surface area contributed by atoms with Crippen LogP contribution in [0.2, 0.25) is 5.02 Å². The molecule has 2 amide bonds. The monoisotopic (exact) mass is 423 g/mol. The van der Waals surface area contributed by atoms with Crippen molar-refractivity contribution in [2.75, 3.05) is 41.8 Å². The maximum Gasteiger partial charge on any atom is 0.323 e. The molecule has 0 radical (unpaired) electrons. The molecule has 2 aromatic carbocycles. The summed E-state index contributed by atoms with van der Waals surface area (Å²) in [6.45, 7) is 5.01. The number of halogens is 1. The van der Waals surface area contributed by atoms with E-state index in [1.807, 2.05) is 55.5 Å². The van der Waals surface area contributed by atoms with Crippen molar-refractivity contribution in [3.05, 3.63) is 65.2 Å². The van der Waals surface area contributed by atoms with Crippen molar-refractivity contribution in [2.24, 2.45) is 0 Å². The van der Waals surface area contributed by atoms with Crippen molar-refractivity contribution in [3.63, 3.8) is 0 Å². The zero-order chi connectivity index (χ0) is 20.9. The van der Waals surface area contributed by atoms with Crippen LogP contribution in [-0.4, -0.2) is 42.5 Å². The number of amides is 2. The van der Waals surface area contributed by atoms with Gasteiger partial charge in [0, 0.05) is 24.3 Å². The van der Waals surface area contributed by atoms with Crippen LogP contribution in [0.1, 0.15) is 5.56 Å². The molecule has 0 unspecified atom stereocenters. The van der Waals surface area contributed by atoms with Gasteiger partial charge in [-0.15, -0.1) is 10.2 Å². The molecule has 0 bridgehead atoms. The third-order valence-corrected chi connectivity index (χ3v) is 5.12. The van der Waals surface area contributed by atoms with Crippen molar-refractivity contribution >= 4 is 34.8 Å². The summed E-state index contributed by atoms with van der Waals surface area (Å²) in [5, 5.41) is 14.7. The minimum absolute atomic E-state index is 0.357. The van der Waals surface area contributed by atoms with Crippen molar-refractivity contribution < 1.29 is 9.53 Å². The lowest BCUT2D eigenvalue weighted by Gasteiger charge is -2.27. The van der Waals surface area contributed by atoms with Gasteiger partial charge in [0.25, 0.3) is 0 Å². The lowest BCUT2D eigenvalue weighted by molar-refractivity contribution is 0.122. The number of nitrogens with one attached hydrogen (secondary N) is 2. The SMILES string of the molecule is Cc1ccc(Cl)c(NC(=O)Nc2ccc(-c3ccc(N4CCOCC4)nn3)cc2)c1. The van der Waals surface area contributed by atoms with E-state index in [1.54, 1.807) is 6.07 Å². The summed E-state index contributed by atoms with van der Waals surface area (Å²) < 4.78 is 5.37. The fourth-order valence-electron chi connectivity index (χ4n) is 3.18. The topological polar surface area (TPSA) is 79.4 Å². The molecule has 1 aromatic heterocycles. The van der Waals surface area contributed by atoms with E-state index in [0.717, 1.165) is 35.7 Å². The van der Waals surface area contributed by atoms with Crippen LogP contribution in [0.4, 0.5) is 22.0 Å². The van der Waals surface area contributed by atoms with E-state index in [4.69, 9.17) is 16.3 Å². The average molecular weight is 424 g/mol. The number of rotatable bonds is 4. The number of carbonyl (C=O) groups is 1. The zero-order valence-corrected chi connectivity index (χ0v) is 17.3. The zero-order valence-electron chi connectivity index (χ0n) is 16.6. The first kappa shape index (κ1) is 20.1. The molecule has 1 saturated heterocycles. The summed E-state index contributed by atoms with van der Waals surface area (Å²) in [4.78, 5) is 14.4. The number of aryl methyl sites for hydroxylation is 1. The molecule has 3 aromatic rings. The lowest BCUT2D eigenvalue weighted by atomic mass is 10.1. The number of hydrogen-bond donors (Lipinski definition) is 2. The Labute approximate surface area is 180 Å². The van der Waals surface area contributed by atoms with Gasteiger partial charge in [-0.2, -0.15) is 0 Å². The van der Waals surface area contributed by atoms with Crippen LogP contribution in [0.25, 0.3) is 11.3 Å². The highest BCUT2D eigenvalue weighted by Crippen LogP contribution is 2.24. The van der Waals surface area contributed by atoms with Crippen LogP contribution in [0, 0.1) is 6.92 Å². The molecular formula is C22H22ClN5O2. The molecule has 0 saturated carbocycles. The van der Waals surface area contributed by atoms with Gasteiger partial charge in [-0.3, -0.25) is 0 Å². The van der Waals surface area contributed by atoms with Gasteiger partial charge in [0.15, 0.2) is 5.82 Å². The highest BCUT2D eigenvalue weighted by Gasteiger charge is 2.13. The number of anilines is 3. The van der Waals surface area contributed by atoms with Crippen molar-refractivity contribution in [3.8, 4) is 11.3 Å². The second kappa shape index (κ2) is 9.11. The molecule has 2 heterocycles. The van der Waals surface area contributed by atoms with E-state index < -0.39 is 0 Å². The van der Waals surface area contributed by atoms with Crippen LogP contribution < -0.4 is 15.5 Å². The lowest BCUT2D eigenvalue weighted by Crippen LogP contribution is -2.36. The van der Waals surface area contributed by atoms with Crippen LogP contribution >= 0.6 is 11.6 Å². The first-order valence-electron chi connectivity index (χ1n) is 9.69. The highest BCUT2D eigenvalue weighted by molar-refractivity contribution is 6.33. The first-order valence-corrected chi connectivity index (χ1v) is 10.1. The quantitative estimate of drug-likeness (QED) is 0.641. The maximum absolute atomic E-state index is 12.3. The van der Waals surface area contributed by atoms with Crippen LogP contribution in [-0.2, 0) is 4.74 Å². The van der Waals surface area contributed by atoms with Gasteiger partial charge in [-0.1, -0.05) is 29.8 Å². The molecule has 1 fully saturated rings. The van der Waals surface area contributed by atoms with Gasteiger partial charge in [0.1, 0.15) is 0 Å². The molecule has 30 heavy (non-hydrogen) atoms. The average Bonchev–Trinajstić information content (AvgIpc) is 2.77. The summed E-state index contributed by atoms with van der Waals surface area (Å²) >= 11 is 6.13. The van der Waals surface area contributed by atoms with Gasteiger partial charge in [0.2, 0.25) is 0 Å². The number of benzene rings is 2. The minimum Gasteiger partial charge on any atom is -0.378 e. The number of hydrogen-bond acceptors (Lipinski definition) is 5. The van der Waals surface area contributed by atoms with Gasteiger partial charge in [0.05, 0.1) is 29.6 Å². The van der Waals surface area contributed by atoms with E-state index >= 15 is 0 Å². The van der Waals surface area contributed by atoms with E-state index in [0.29, 0.717) is 29.6 Å². The smallest absolute Gasteiger partial charge is 0.323 e. The molecule has 0 spiro atoms. The van der Waals surface area contributed by atoms with Crippen LogP contribution in [0.3, 0.4) is 0 Å². The number of ether oxygens (including phenoxy) is 1. The molecule has 1 aliphatic rings. The molecule has 7 nitrogen and oxygen atoms in total. The Kier molecular flexibility index (Phi) is 6.11. The van der Waals surface area contributed by atoms with E-state index in [1.165, 1.54) is 0 Å². The Balaban J connectivity index is 1.39. The molecule has 8 heteroatoms. The molecule has 4 rings (SSSR count). The Morgan fingerprint density at radius 3 is 2.47 bits per heavy atom. The number of aromatic nitrogens is 2. The highest BCUT2D eigenvalue weighted by atomic mass is 35.5. The summed E-state index contributed by atoms with van der Waals surface area (Å²) in [5.74, 6) is 0.854.